The number of nitrogens with one attached hydrogen (secondary N) is 2. The first-order chi connectivity index (χ1) is 12.1. The number of thiophene rings is 1. The van der Waals surface area contributed by atoms with E-state index < -0.39 is 0 Å². The maximum atomic E-state index is 13.3. The lowest BCUT2D eigenvalue weighted by Crippen LogP contribution is -2.33. The lowest BCUT2D eigenvalue weighted by Gasteiger charge is -2.19. The molecule has 0 fully saturated rings. The second-order valence-electron chi connectivity index (χ2n) is 5.74. The van der Waals surface area contributed by atoms with Gasteiger partial charge < -0.3 is 10.6 Å². The van der Waals surface area contributed by atoms with E-state index in [0.29, 0.717) is 5.69 Å². The molecular weight excluding hydrogens is 335 g/mol. The minimum atomic E-state index is -0.325. The van der Waals surface area contributed by atoms with Crippen LogP contribution in [0.25, 0.3) is 0 Å². The molecule has 1 heterocycles. The zero-order chi connectivity index (χ0) is 17.6. The first-order valence-electron chi connectivity index (χ1n) is 8.01. The first-order valence-corrected chi connectivity index (χ1v) is 8.89. The van der Waals surface area contributed by atoms with Gasteiger partial charge in [-0.05, 0) is 41.6 Å². The molecule has 3 aromatic rings. The Hall–Kier alpha value is -2.66. The van der Waals surface area contributed by atoms with Crippen molar-refractivity contribution in [2.75, 3.05) is 11.9 Å². The number of amides is 1. The summed E-state index contributed by atoms with van der Waals surface area (Å²) in [7, 11) is 0. The van der Waals surface area contributed by atoms with Crippen LogP contribution in [0.4, 0.5) is 10.1 Å². The quantitative estimate of drug-likeness (QED) is 0.684. The van der Waals surface area contributed by atoms with Crippen molar-refractivity contribution in [2.45, 2.75) is 13.0 Å². The Bertz CT molecular complexity index is 834. The molecule has 0 spiro atoms. The molecule has 0 saturated heterocycles. The Balaban J connectivity index is 1.70. The Morgan fingerprint density at radius 1 is 1.12 bits per heavy atom. The number of hydrogen-bond acceptors (Lipinski definition) is 3. The van der Waals surface area contributed by atoms with Gasteiger partial charge in [0.15, 0.2) is 0 Å². The van der Waals surface area contributed by atoms with Gasteiger partial charge in [-0.25, -0.2) is 4.39 Å². The predicted octanol–water partition coefficient (Wildman–Crippen LogP) is 4.51. The van der Waals surface area contributed by atoms with Gasteiger partial charge >= 0.3 is 0 Å². The van der Waals surface area contributed by atoms with Crippen molar-refractivity contribution in [3.8, 4) is 0 Å². The van der Waals surface area contributed by atoms with Crippen LogP contribution in [0, 0.1) is 12.7 Å². The summed E-state index contributed by atoms with van der Waals surface area (Å²) in [4.78, 5) is 13.5. The van der Waals surface area contributed by atoms with Crippen LogP contribution in [-0.4, -0.2) is 12.5 Å². The average Bonchev–Trinajstić information content (AvgIpc) is 3.15. The van der Waals surface area contributed by atoms with E-state index in [0.717, 1.165) is 16.0 Å². The van der Waals surface area contributed by atoms with Gasteiger partial charge in [0, 0.05) is 10.6 Å². The van der Waals surface area contributed by atoms with Crippen LogP contribution in [0.2, 0.25) is 0 Å². The van der Waals surface area contributed by atoms with Gasteiger partial charge in [0.2, 0.25) is 5.91 Å². The summed E-state index contributed by atoms with van der Waals surface area (Å²) < 4.78 is 13.3. The van der Waals surface area contributed by atoms with Crippen LogP contribution in [-0.2, 0) is 4.79 Å². The van der Waals surface area contributed by atoms with Crippen LogP contribution < -0.4 is 10.6 Å². The van der Waals surface area contributed by atoms with Crippen LogP contribution in [0.15, 0.2) is 66.0 Å². The highest BCUT2D eigenvalue weighted by Crippen LogP contribution is 2.25. The number of benzene rings is 2. The maximum Gasteiger partial charge on any atom is 0.240 e. The van der Waals surface area contributed by atoms with E-state index in [1.54, 1.807) is 17.4 Å². The van der Waals surface area contributed by atoms with Gasteiger partial charge in [-0.3, -0.25) is 4.79 Å². The smallest absolute Gasteiger partial charge is 0.240 e. The topological polar surface area (TPSA) is 41.1 Å². The molecule has 3 rings (SSSR count). The molecular formula is C20H19FN2OS. The molecule has 0 aliphatic carbocycles. The van der Waals surface area contributed by atoms with Crippen molar-refractivity contribution in [3.05, 3.63) is 87.9 Å². The number of carbonyl (C=O) groups is 1. The molecule has 1 atom stereocenters. The van der Waals surface area contributed by atoms with E-state index in [2.05, 4.69) is 10.6 Å². The van der Waals surface area contributed by atoms with E-state index in [4.69, 9.17) is 0 Å². The highest BCUT2D eigenvalue weighted by Gasteiger charge is 2.17. The van der Waals surface area contributed by atoms with E-state index >= 15 is 0 Å². The molecule has 5 heteroatoms. The molecule has 0 aliphatic heterocycles. The third-order valence-corrected chi connectivity index (χ3v) is 4.84. The van der Waals surface area contributed by atoms with Gasteiger partial charge in [0.1, 0.15) is 5.82 Å². The zero-order valence-corrected chi connectivity index (χ0v) is 14.6. The summed E-state index contributed by atoms with van der Waals surface area (Å²) >= 11 is 1.60. The minimum absolute atomic E-state index is 0.0823. The average molecular weight is 354 g/mol. The van der Waals surface area contributed by atoms with Gasteiger partial charge in [0.05, 0.1) is 12.6 Å². The molecule has 0 radical (unpaired) electrons. The molecule has 0 bridgehead atoms. The number of carbonyl (C=O) groups excluding carboxylic acids is 1. The maximum absolute atomic E-state index is 13.3. The molecule has 25 heavy (non-hydrogen) atoms. The number of halogens is 1. The number of aryl methyl sites for hydroxylation is 1. The fraction of sp³-hybridized carbons (Fsp3) is 0.150. The van der Waals surface area contributed by atoms with E-state index in [1.165, 1.54) is 12.1 Å². The Morgan fingerprint density at radius 3 is 2.64 bits per heavy atom. The van der Waals surface area contributed by atoms with Crippen molar-refractivity contribution in [1.82, 2.24) is 5.32 Å². The van der Waals surface area contributed by atoms with Gasteiger partial charge in [-0.15, -0.1) is 11.3 Å². The van der Waals surface area contributed by atoms with Gasteiger partial charge in [0.25, 0.3) is 0 Å². The molecule has 1 aromatic heterocycles. The molecule has 1 amide bonds. The van der Waals surface area contributed by atoms with Crippen molar-refractivity contribution in [1.29, 1.82) is 0 Å². The highest BCUT2D eigenvalue weighted by atomic mass is 32.1. The SMILES string of the molecule is Cc1ccc(F)cc1NCC(=O)N[C@H](c1ccccc1)c1cccs1. The zero-order valence-electron chi connectivity index (χ0n) is 13.8. The second kappa shape index (κ2) is 7.94. The molecule has 2 aromatic carbocycles. The van der Waals surface area contributed by atoms with Crippen LogP contribution in [0.1, 0.15) is 22.0 Å². The Morgan fingerprint density at radius 2 is 1.92 bits per heavy atom. The summed E-state index contributed by atoms with van der Waals surface area (Å²) in [5, 5.41) is 8.05. The van der Waals surface area contributed by atoms with E-state index in [9.17, 15) is 9.18 Å². The molecule has 0 aliphatic rings. The Labute approximate surface area is 150 Å². The fourth-order valence-corrected chi connectivity index (χ4v) is 3.39. The van der Waals surface area contributed by atoms with Crippen molar-refractivity contribution >= 4 is 22.9 Å². The largest absolute Gasteiger partial charge is 0.376 e. The molecule has 0 saturated carbocycles. The summed E-state index contributed by atoms with van der Waals surface area (Å²) in [6.07, 6.45) is 0. The summed E-state index contributed by atoms with van der Waals surface area (Å²) in [5.74, 6) is -0.472. The van der Waals surface area contributed by atoms with Gasteiger partial charge in [-0.2, -0.15) is 0 Å². The van der Waals surface area contributed by atoms with Crippen LogP contribution >= 0.6 is 11.3 Å². The third kappa shape index (κ3) is 4.45. The standard InChI is InChI=1S/C20H19FN2OS/c1-14-9-10-16(21)12-17(14)22-13-19(24)23-20(18-8-5-11-25-18)15-6-3-2-4-7-15/h2-12,20,22H,13H2,1H3,(H,23,24)/t20-/m1/s1. The third-order valence-electron chi connectivity index (χ3n) is 3.90. The van der Waals surface area contributed by atoms with Crippen molar-refractivity contribution < 1.29 is 9.18 Å². The van der Waals surface area contributed by atoms with Gasteiger partial charge in [-0.1, -0.05) is 42.5 Å². The monoisotopic (exact) mass is 354 g/mol. The highest BCUT2D eigenvalue weighted by molar-refractivity contribution is 7.10. The predicted molar refractivity (Wildman–Crippen MR) is 100 cm³/mol. The van der Waals surface area contributed by atoms with Crippen molar-refractivity contribution in [3.63, 3.8) is 0 Å². The number of hydrogen-bond donors (Lipinski definition) is 2. The van der Waals surface area contributed by atoms with Crippen LogP contribution in [0.5, 0.6) is 0 Å². The minimum Gasteiger partial charge on any atom is -0.376 e. The molecule has 2 N–H and O–H groups in total. The molecule has 128 valence electrons. The summed E-state index contributed by atoms with van der Waals surface area (Å²) in [5.41, 5.74) is 2.55. The van der Waals surface area contributed by atoms with E-state index in [-0.39, 0.29) is 24.3 Å². The lowest BCUT2D eigenvalue weighted by atomic mass is 10.1. The lowest BCUT2D eigenvalue weighted by molar-refractivity contribution is -0.119. The van der Waals surface area contributed by atoms with E-state index in [1.807, 2.05) is 54.8 Å². The normalized spacial score (nSPS) is 11.8. The second-order valence-corrected chi connectivity index (χ2v) is 6.72. The summed E-state index contributed by atoms with van der Waals surface area (Å²) in [6.45, 7) is 1.96. The van der Waals surface area contributed by atoms with Crippen molar-refractivity contribution in [2.24, 2.45) is 0 Å². The van der Waals surface area contributed by atoms with Crippen LogP contribution in [0.3, 0.4) is 0 Å². The summed E-state index contributed by atoms with van der Waals surface area (Å²) in [6, 6.07) is 18.1. The fourth-order valence-electron chi connectivity index (χ4n) is 2.59. The Kier molecular flexibility index (Phi) is 5.46. The number of rotatable bonds is 6. The molecule has 0 unspecified atom stereocenters. The molecule has 3 nitrogen and oxygen atoms in total. The first kappa shape index (κ1) is 17.2. The number of anilines is 1.